The minimum Gasteiger partial charge on any atom is -0.466 e. The summed E-state index contributed by atoms with van der Waals surface area (Å²) in [5.41, 5.74) is -1.52. The molecule has 1 saturated carbocycles. The topological polar surface area (TPSA) is 66.8 Å². The molecule has 4 nitrogen and oxygen atoms in total. The minimum absolute atomic E-state index is 0.320. The lowest BCUT2D eigenvalue weighted by Crippen LogP contribution is -2.51. The normalized spacial score (nSPS) is 42.5. The fourth-order valence-corrected chi connectivity index (χ4v) is 3.09. The van der Waals surface area contributed by atoms with Crippen LogP contribution in [0.3, 0.4) is 0 Å². The van der Waals surface area contributed by atoms with Crippen molar-refractivity contribution in [2.75, 3.05) is 7.11 Å². The molecule has 0 spiro atoms. The molecule has 0 saturated heterocycles. The van der Waals surface area contributed by atoms with Gasteiger partial charge in [0.25, 0.3) is 0 Å². The van der Waals surface area contributed by atoms with Crippen molar-refractivity contribution in [3.8, 4) is 0 Å². The smallest absolute Gasteiger partial charge is 0.336 e. The van der Waals surface area contributed by atoms with Crippen LogP contribution in [0.5, 0.6) is 0 Å². The summed E-state index contributed by atoms with van der Waals surface area (Å²) in [6.07, 6.45) is 3.54. The van der Waals surface area contributed by atoms with E-state index in [1.807, 2.05) is 6.92 Å². The number of aliphatic hydroxyl groups excluding tert-OH is 1. The minimum atomic E-state index is -1.22. The van der Waals surface area contributed by atoms with Crippen molar-refractivity contribution in [1.82, 2.24) is 0 Å². The molecule has 2 N–H and O–H groups in total. The molecule has 0 radical (unpaired) electrons. The lowest BCUT2D eigenvalue weighted by Gasteiger charge is -2.44. The van der Waals surface area contributed by atoms with Crippen LogP contribution in [0.4, 0.5) is 0 Å². The van der Waals surface area contributed by atoms with Crippen molar-refractivity contribution in [3.63, 3.8) is 0 Å². The average Bonchev–Trinajstić information content (AvgIpc) is 2.51. The summed E-state index contributed by atoms with van der Waals surface area (Å²) in [5.74, 6) is -0.484. The zero-order chi connectivity index (χ0) is 12.0. The molecule has 0 unspecified atom stereocenters. The van der Waals surface area contributed by atoms with Crippen LogP contribution in [-0.4, -0.2) is 35.0 Å². The Bertz CT molecular complexity index is 349. The van der Waals surface area contributed by atoms with Gasteiger partial charge in [0, 0.05) is 5.41 Å². The maximum absolute atomic E-state index is 11.6. The fraction of sp³-hybridized carbons (Fsp3) is 0.750. The van der Waals surface area contributed by atoms with Gasteiger partial charge < -0.3 is 14.9 Å². The first kappa shape index (κ1) is 11.6. The summed E-state index contributed by atoms with van der Waals surface area (Å²) < 4.78 is 4.69. The zero-order valence-corrected chi connectivity index (χ0v) is 9.69. The molecule has 90 valence electrons. The second kappa shape index (κ2) is 3.57. The van der Waals surface area contributed by atoms with Crippen LogP contribution in [0.1, 0.15) is 32.6 Å². The summed E-state index contributed by atoms with van der Waals surface area (Å²) in [6.45, 7) is 1.85. The van der Waals surface area contributed by atoms with E-state index in [1.165, 1.54) is 7.11 Å². The average molecular weight is 226 g/mol. The van der Waals surface area contributed by atoms with Crippen molar-refractivity contribution < 1.29 is 19.7 Å². The van der Waals surface area contributed by atoms with Crippen LogP contribution >= 0.6 is 0 Å². The molecule has 2 aliphatic carbocycles. The lowest BCUT2D eigenvalue weighted by molar-refractivity contribution is -0.143. The molecule has 0 heterocycles. The number of carbonyl (C=O) groups excluding carboxylic acids is 1. The Kier molecular flexibility index (Phi) is 2.59. The number of allylic oxidation sites excluding steroid dienone is 1. The van der Waals surface area contributed by atoms with E-state index < -0.39 is 23.1 Å². The number of hydrogen-bond acceptors (Lipinski definition) is 4. The number of rotatable bonds is 1. The first-order valence-electron chi connectivity index (χ1n) is 5.65. The van der Waals surface area contributed by atoms with Gasteiger partial charge in [-0.15, -0.1) is 0 Å². The Labute approximate surface area is 94.9 Å². The van der Waals surface area contributed by atoms with E-state index in [0.29, 0.717) is 31.3 Å². The molecule has 0 amide bonds. The zero-order valence-electron chi connectivity index (χ0n) is 9.69. The summed E-state index contributed by atoms with van der Waals surface area (Å²) in [4.78, 5) is 11.6. The molecular weight excluding hydrogens is 208 g/mol. The van der Waals surface area contributed by atoms with E-state index in [9.17, 15) is 15.0 Å². The molecule has 0 aromatic heterocycles. The molecule has 0 aliphatic heterocycles. The highest BCUT2D eigenvalue weighted by Gasteiger charge is 2.60. The number of carbonyl (C=O) groups is 1. The Morgan fingerprint density at radius 3 is 2.88 bits per heavy atom. The van der Waals surface area contributed by atoms with Crippen LogP contribution in [0.25, 0.3) is 0 Å². The molecular formula is C12H18O4. The number of esters is 1. The Hall–Kier alpha value is -0.870. The van der Waals surface area contributed by atoms with Gasteiger partial charge in [0.15, 0.2) is 0 Å². The maximum atomic E-state index is 11.6. The second-order valence-electron chi connectivity index (χ2n) is 4.98. The molecule has 1 fully saturated rings. The molecule has 2 rings (SSSR count). The fourth-order valence-electron chi connectivity index (χ4n) is 3.09. The van der Waals surface area contributed by atoms with Gasteiger partial charge in [-0.05, 0) is 25.7 Å². The highest BCUT2D eigenvalue weighted by Crippen LogP contribution is 2.55. The van der Waals surface area contributed by atoms with Crippen LogP contribution in [0.2, 0.25) is 0 Å². The van der Waals surface area contributed by atoms with Crippen molar-refractivity contribution in [2.24, 2.45) is 5.41 Å². The van der Waals surface area contributed by atoms with Crippen LogP contribution in [0.15, 0.2) is 11.6 Å². The number of aliphatic hydroxyl groups is 2. The SMILES string of the molecule is COC(=O)C1=CCC[C@]2(C)[C@@H](O)CC[C@]12O. The van der Waals surface area contributed by atoms with Crippen molar-refractivity contribution in [1.29, 1.82) is 0 Å². The number of ether oxygens (including phenoxy) is 1. The third-order valence-corrected chi connectivity index (χ3v) is 4.32. The predicted molar refractivity (Wildman–Crippen MR) is 57.6 cm³/mol. The van der Waals surface area contributed by atoms with Gasteiger partial charge in [0.05, 0.1) is 18.8 Å². The van der Waals surface area contributed by atoms with Crippen LogP contribution in [0, 0.1) is 5.41 Å². The summed E-state index contributed by atoms with van der Waals surface area (Å²) in [6, 6.07) is 0. The monoisotopic (exact) mass is 226 g/mol. The molecule has 0 aromatic rings. The molecule has 2 aliphatic rings. The summed E-state index contributed by atoms with van der Waals surface area (Å²) >= 11 is 0. The van der Waals surface area contributed by atoms with E-state index in [0.717, 1.165) is 0 Å². The van der Waals surface area contributed by atoms with Gasteiger partial charge in [-0.1, -0.05) is 13.0 Å². The van der Waals surface area contributed by atoms with Gasteiger partial charge in [-0.2, -0.15) is 0 Å². The van der Waals surface area contributed by atoms with E-state index >= 15 is 0 Å². The first-order chi connectivity index (χ1) is 7.45. The first-order valence-corrected chi connectivity index (χ1v) is 5.65. The van der Waals surface area contributed by atoms with Crippen LogP contribution in [-0.2, 0) is 9.53 Å². The highest BCUT2D eigenvalue weighted by molar-refractivity contribution is 5.91. The summed E-state index contributed by atoms with van der Waals surface area (Å²) in [7, 11) is 1.31. The van der Waals surface area contributed by atoms with Crippen LogP contribution < -0.4 is 0 Å². The van der Waals surface area contributed by atoms with Crippen molar-refractivity contribution >= 4 is 5.97 Å². The lowest BCUT2D eigenvalue weighted by atomic mass is 9.65. The number of hydrogen-bond donors (Lipinski definition) is 2. The number of methoxy groups -OCH3 is 1. The molecule has 3 atom stereocenters. The quantitative estimate of drug-likeness (QED) is 0.648. The van der Waals surface area contributed by atoms with Gasteiger partial charge in [0.2, 0.25) is 0 Å². The summed E-state index contributed by atoms with van der Waals surface area (Å²) in [5, 5.41) is 20.7. The van der Waals surface area contributed by atoms with Crippen molar-refractivity contribution in [2.45, 2.75) is 44.3 Å². The molecule has 4 heteroatoms. The van der Waals surface area contributed by atoms with E-state index in [-0.39, 0.29) is 0 Å². The van der Waals surface area contributed by atoms with Gasteiger partial charge >= 0.3 is 5.97 Å². The molecule has 0 bridgehead atoms. The Morgan fingerprint density at radius 2 is 2.25 bits per heavy atom. The molecule has 16 heavy (non-hydrogen) atoms. The van der Waals surface area contributed by atoms with Gasteiger partial charge in [0.1, 0.15) is 5.60 Å². The second-order valence-corrected chi connectivity index (χ2v) is 4.98. The third-order valence-electron chi connectivity index (χ3n) is 4.32. The Balaban J connectivity index is 2.43. The Morgan fingerprint density at radius 1 is 1.56 bits per heavy atom. The van der Waals surface area contributed by atoms with Gasteiger partial charge in [-0.25, -0.2) is 4.79 Å². The van der Waals surface area contributed by atoms with Crippen molar-refractivity contribution in [3.05, 3.63) is 11.6 Å². The predicted octanol–water partition coefficient (Wildman–Crippen LogP) is 0.772. The highest BCUT2D eigenvalue weighted by atomic mass is 16.5. The third kappa shape index (κ3) is 1.26. The number of fused-ring (bicyclic) bond motifs is 1. The van der Waals surface area contributed by atoms with E-state index in [4.69, 9.17) is 4.74 Å². The van der Waals surface area contributed by atoms with E-state index in [2.05, 4.69) is 0 Å². The van der Waals surface area contributed by atoms with E-state index in [1.54, 1.807) is 6.08 Å². The molecule has 0 aromatic carbocycles. The van der Waals surface area contributed by atoms with Gasteiger partial charge in [-0.3, -0.25) is 0 Å². The maximum Gasteiger partial charge on any atom is 0.336 e. The largest absolute Gasteiger partial charge is 0.466 e. The standard InChI is InChI=1S/C12H18O4/c1-11-6-3-4-8(10(14)16-2)12(11,15)7-5-9(11)13/h4,9,13,15H,3,5-7H2,1-2H3/t9-,11+,12-/m0/s1.